The summed E-state index contributed by atoms with van der Waals surface area (Å²) in [7, 11) is -0.0360. The van der Waals surface area contributed by atoms with Crippen molar-refractivity contribution in [2.24, 2.45) is 0 Å². The van der Waals surface area contributed by atoms with Crippen LogP contribution in [0.25, 0.3) is 0 Å². The molecule has 0 aromatic heterocycles. The highest BCUT2D eigenvalue weighted by Gasteiger charge is 2.27. The van der Waals surface area contributed by atoms with Crippen molar-refractivity contribution in [3.63, 3.8) is 0 Å². The standard InChI is InChI=1S/C28H35S.CH2O3/c1-2-3-4-5-6-7-8-11-16-25-21-23-28(24-22-25)29(26-17-12-9-13-18-26)27-19-14-10-15-20-27;2-1(3)4/h9-10,12-15,17-24H,2-8,11,16H2,1H3;(H2,2,3,4)/q+1;/p-1. The summed E-state index contributed by atoms with van der Waals surface area (Å²) in [5.74, 6) is 0. The quantitative estimate of drug-likeness (QED) is 0.225. The largest absolute Gasteiger partial charge is 0.565 e. The molecule has 0 amide bonds. The third kappa shape index (κ3) is 10.6. The fraction of sp³-hybridized carbons (Fsp3) is 0.345. The van der Waals surface area contributed by atoms with E-state index in [9.17, 15) is 0 Å². The average Bonchev–Trinajstić information content (AvgIpc) is 2.83. The van der Waals surface area contributed by atoms with E-state index in [0.29, 0.717) is 0 Å². The number of carboxylic acid groups (broad SMARTS) is 2. The predicted octanol–water partition coefficient (Wildman–Crippen LogP) is 7.35. The predicted molar refractivity (Wildman–Crippen MR) is 136 cm³/mol. The Kier molecular flexibility index (Phi) is 12.8. The number of hydrogen-bond donors (Lipinski definition) is 1. The fourth-order valence-corrected chi connectivity index (χ4v) is 5.86. The number of rotatable bonds is 12. The third-order valence-electron chi connectivity index (χ3n) is 5.44. The van der Waals surface area contributed by atoms with Gasteiger partial charge in [-0.15, -0.1) is 0 Å². The molecule has 1 N–H and O–H groups in total. The van der Waals surface area contributed by atoms with Gasteiger partial charge in [0.05, 0.1) is 10.9 Å². The van der Waals surface area contributed by atoms with E-state index in [1.165, 1.54) is 78.0 Å². The summed E-state index contributed by atoms with van der Waals surface area (Å²) >= 11 is 0. The molecule has 0 atom stereocenters. The lowest BCUT2D eigenvalue weighted by atomic mass is 10.0. The van der Waals surface area contributed by atoms with E-state index < -0.39 is 6.16 Å². The van der Waals surface area contributed by atoms with Gasteiger partial charge >= 0.3 is 0 Å². The summed E-state index contributed by atoms with van der Waals surface area (Å²) in [6.07, 6.45) is 10.2. The molecular weight excluding hydrogens is 428 g/mol. The average molecular weight is 465 g/mol. The molecule has 3 aromatic carbocycles. The lowest BCUT2D eigenvalue weighted by molar-refractivity contribution is -0.275. The minimum Gasteiger partial charge on any atom is -0.565 e. The molecule has 3 nitrogen and oxygen atoms in total. The first-order chi connectivity index (χ1) is 16.1. The second-order valence-electron chi connectivity index (χ2n) is 8.07. The Hall–Kier alpha value is -2.72. The van der Waals surface area contributed by atoms with Gasteiger partial charge < -0.3 is 15.0 Å². The lowest BCUT2D eigenvalue weighted by Gasteiger charge is -2.09. The molecule has 176 valence electrons. The van der Waals surface area contributed by atoms with E-state index in [-0.39, 0.29) is 10.9 Å². The maximum atomic E-state index is 8.44. The summed E-state index contributed by atoms with van der Waals surface area (Å²) in [5, 5.41) is 15.3. The highest BCUT2D eigenvalue weighted by molar-refractivity contribution is 7.97. The molecule has 0 bridgehead atoms. The topological polar surface area (TPSA) is 60.4 Å². The molecule has 4 heteroatoms. The van der Waals surface area contributed by atoms with Gasteiger partial charge in [-0.05, 0) is 54.8 Å². The van der Waals surface area contributed by atoms with E-state index in [0.717, 1.165) is 0 Å². The van der Waals surface area contributed by atoms with E-state index in [4.69, 9.17) is 15.0 Å². The molecule has 0 radical (unpaired) electrons. The van der Waals surface area contributed by atoms with Gasteiger partial charge in [0.15, 0.2) is 14.7 Å². The fourth-order valence-electron chi connectivity index (χ4n) is 3.78. The molecule has 0 spiro atoms. The molecular formula is C29H36O3S. The van der Waals surface area contributed by atoms with E-state index >= 15 is 0 Å². The third-order valence-corrected chi connectivity index (χ3v) is 7.67. The normalized spacial score (nSPS) is 10.5. The van der Waals surface area contributed by atoms with Crippen LogP contribution in [-0.2, 0) is 17.3 Å². The second kappa shape index (κ2) is 16.0. The van der Waals surface area contributed by atoms with Crippen molar-refractivity contribution in [2.75, 3.05) is 0 Å². The van der Waals surface area contributed by atoms with Gasteiger partial charge in [0.25, 0.3) is 0 Å². The van der Waals surface area contributed by atoms with Crippen LogP contribution < -0.4 is 5.11 Å². The highest BCUT2D eigenvalue weighted by atomic mass is 32.2. The Balaban J connectivity index is 0.000000890. The zero-order valence-corrected chi connectivity index (χ0v) is 20.4. The summed E-state index contributed by atoms with van der Waals surface area (Å²) in [6, 6.07) is 31.2. The monoisotopic (exact) mass is 464 g/mol. The van der Waals surface area contributed by atoms with Gasteiger partial charge in [-0.25, -0.2) is 0 Å². The summed E-state index contributed by atoms with van der Waals surface area (Å²) in [5.41, 5.74) is 1.48. The first-order valence-corrected chi connectivity index (χ1v) is 13.2. The summed E-state index contributed by atoms with van der Waals surface area (Å²) in [4.78, 5) is 12.6. The van der Waals surface area contributed by atoms with Crippen LogP contribution in [0.5, 0.6) is 0 Å². The molecule has 0 saturated carbocycles. The molecule has 33 heavy (non-hydrogen) atoms. The van der Waals surface area contributed by atoms with Crippen molar-refractivity contribution in [2.45, 2.75) is 79.4 Å². The van der Waals surface area contributed by atoms with Gasteiger partial charge in [0, 0.05) is 0 Å². The van der Waals surface area contributed by atoms with Gasteiger partial charge in [0.1, 0.15) is 0 Å². The van der Waals surface area contributed by atoms with E-state index in [1.54, 1.807) is 0 Å². The van der Waals surface area contributed by atoms with Crippen molar-refractivity contribution < 1.29 is 15.0 Å². The highest BCUT2D eigenvalue weighted by Crippen LogP contribution is 2.31. The van der Waals surface area contributed by atoms with Gasteiger partial charge in [0.2, 0.25) is 6.16 Å². The number of aryl methyl sites for hydroxylation is 1. The van der Waals surface area contributed by atoms with Crippen LogP contribution in [0.2, 0.25) is 0 Å². The van der Waals surface area contributed by atoms with Crippen LogP contribution >= 0.6 is 0 Å². The molecule has 0 aliphatic heterocycles. The number of hydrogen-bond acceptors (Lipinski definition) is 2. The van der Waals surface area contributed by atoms with Crippen molar-refractivity contribution in [3.05, 3.63) is 90.5 Å². The number of unbranched alkanes of at least 4 members (excludes halogenated alkanes) is 7. The SMILES string of the molecule is CCCCCCCCCCc1ccc([S+](c2ccccc2)c2ccccc2)cc1.O=C([O-])O. The van der Waals surface area contributed by atoms with Gasteiger partial charge in [-0.3, -0.25) is 0 Å². The van der Waals surface area contributed by atoms with Crippen LogP contribution in [0.15, 0.2) is 99.6 Å². The zero-order valence-electron chi connectivity index (χ0n) is 19.6. The van der Waals surface area contributed by atoms with Crippen LogP contribution in [0.1, 0.15) is 63.9 Å². The van der Waals surface area contributed by atoms with Crippen LogP contribution in [0, 0.1) is 0 Å². The Labute approximate surface area is 201 Å². The first-order valence-electron chi connectivity index (χ1n) is 11.9. The Bertz CT molecular complexity index is 852. The van der Waals surface area contributed by atoms with Crippen molar-refractivity contribution in [3.8, 4) is 0 Å². The lowest BCUT2D eigenvalue weighted by Crippen LogP contribution is -2.17. The van der Waals surface area contributed by atoms with Crippen molar-refractivity contribution in [1.82, 2.24) is 0 Å². The molecule has 3 rings (SSSR count). The molecule has 0 aliphatic carbocycles. The molecule has 0 aliphatic rings. The van der Waals surface area contributed by atoms with Crippen LogP contribution in [0.4, 0.5) is 4.79 Å². The molecule has 0 fully saturated rings. The molecule has 0 saturated heterocycles. The van der Waals surface area contributed by atoms with E-state index in [2.05, 4.69) is 91.9 Å². The Morgan fingerprint density at radius 1 is 0.667 bits per heavy atom. The molecule has 0 unspecified atom stereocenters. The minimum atomic E-state index is -2.08. The second-order valence-corrected chi connectivity index (χ2v) is 10.1. The Morgan fingerprint density at radius 3 is 1.52 bits per heavy atom. The van der Waals surface area contributed by atoms with Gasteiger partial charge in [-0.1, -0.05) is 100 Å². The minimum absolute atomic E-state index is 0.0360. The number of benzene rings is 3. The zero-order chi connectivity index (χ0) is 23.7. The van der Waals surface area contributed by atoms with Crippen molar-refractivity contribution >= 4 is 17.1 Å². The van der Waals surface area contributed by atoms with Crippen molar-refractivity contribution in [1.29, 1.82) is 0 Å². The first kappa shape index (κ1) is 26.5. The maximum Gasteiger partial charge on any atom is 0.249 e. The van der Waals surface area contributed by atoms with Crippen LogP contribution in [0.3, 0.4) is 0 Å². The Morgan fingerprint density at radius 2 is 1.06 bits per heavy atom. The molecule has 0 heterocycles. The van der Waals surface area contributed by atoms with E-state index in [1.807, 2.05) is 0 Å². The summed E-state index contributed by atoms with van der Waals surface area (Å²) < 4.78 is 0. The number of carbonyl (C=O) groups is 1. The van der Waals surface area contributed by atoms with Gasteiger partial charge in [-0.2, -0.15) is 0 Å². The van der Waals surface area contributed by atoms with Crippen LogP contribution in [-0.4, -0.2) is 11.3 Å². The molecule has 3 aromatic rings. The smallest absolute Gasteiger partial charge is 0.249 e. The summed E-state index contributed by atoms with van der Waals surface area (Å²) in [6.45, 7) is 2.29. The maximum absolute atomic E-state index is 8.44.